The average Bonchev–Trinajstić information content (AvgIpc) is 3.11. The maximum atomic E-state index is 12.6. The number of carbonyl (C=O) groups is 2. The molecule has 0 bridgehead atoms. The Kier molecular flexibility index (Phi) is 4.27. The van der Waals surface area contributed by atoms with E-state index in [4.69, 9.17) is 0 Å². The first-order chi connectivity index (χ1) is 9.75. The molecule has 0 aromatic carbocycles. The molecule has 20 heavy (non-hydrogen) atoms. The van der Waals surface area contributed by atoms with Gasteiger partial charge in [-0.1, -0.05) is 12.8 Å². The van der Waals surface area contributed by atoms with Gasteiger partial charge in [-0.05, 0) is 44.4 Å². The Balaban J connectivity index is 1.59. The Morgan fingerprint density at radius 2 is 1.80 bits per heavy atom. The monoisotopic (exact) mass is 278 g/mol. The maximum Gasteiger partial charge on any atom is 0.242 e. The summed E-state index contributed by atoms with van der Waals surface area (Å²) in [6.45, 7) is 2.00. The van der Waals surface area contributed by atoms with Crippen LogP contribution >= 0.6 is 0 Å². The number of carbonyl (C=O) groups excluding carboxylic acids is 2. The van der Waals surface area contributed by atoms with Gasteiger partial charge in [-0.3, -0.25) is 9.59 Å². The normalized spacial score (nSPS) is 28.4. The fourth-order valence-corrected chi connectivity index (χ4v) is 4.22. The van der Waals surface area contributed by atoms with Gasteiger partial charge in [-0.2, -0.15) is 0 Å². The lowest BCUT2D eigenvalue weighted by Crippen LogP contribution is -2.47. The summed E-state index contributed by atoms with van der Waals surface area (Å²) < 4.78 is 0. The zero-order chi connectivity index (χ0) is 13.9. The van der Waals surface area contributed by atoms with Crippen molar-refractivity contribution < 1.29 is 9.59 Å². The molecule has 1 saturated carbocycles. The number of hydrogen-bond acceptors (Lipinski definition) is 2. The van der Waals surface area contributed by atoms with Crippen LogP contribution in [0.15, 0.2) is 0 Å². The second-order valence-electron chi connectivity index (χ2n) is 6.61. The SMILES string of the molecule is O=C1CCCCN1CC(=O)N1CCCC1C1CCCC1. The van der Waals surface area contributed by atoms with Crippen LogP contribution in [0.5, 0.6) is 0 Å². The van der Waals surface area contributed by atoms with Gasteiger partial charge < -0.3 is 9.80 Å². The van der Waals surface area contributed by atoms with E-state index in [9.17, 15) is 9.59 Å². The van der Waals surface area contributed by atoms with Crippen molar-refractivity contribution in [3.05, 3.63) is 0 Å². The number of amides is 2. The fourth-order valence-electron chi connectivity index (χ4n) is 4.22. The number of likely N-dealkylation sites (tertiary alicyclic amines) is 2. The molecule has 2 saturated heterocycles. The van der Waals surface area contributed by atoms with Crippen LogP contribution < -0.4 is 0 Å². The predicted molar refractivity (Wildman–Crippen MR) is 77.1 cm³/mol. The van der Waals surface area contributed by atoms with Crippen LogP contribution in [0.4, 0.5) is 0 Å². The van der Waals surface area contributed by atoms with Crippen molar-refractivity contribution in [1.29, 1.82) is 0 Å². The molecule has 3 rings (SSSR count). The lowest BCUT2D eigenvalue weighted by atomic mass is 9.96. The molecule has 3 aliphatic rings. The van der Waals surface area contributed by atoms with Gasteiger partial charge in [0.05, 0.1) is 6.54 Å². The molecule has 0 aromatic heterocycles. The zero-order valence-electron chi connectivity index (χ0n) is 12.4. The molecule has 4 heteroatoms. The van der Waals surface area contributed by atoms with Crippen LogP contribution in [-0.2, 0) is 9.59 Å². The molecule has 4 nitrogen and oxygen atoms in total. The number of rotatable bonds is 3. The Labute approximate surface area is 121 Å². The van der Waals surface area contributed by atoms with E-state index in [1.165, 1.54) is 32.1 Å². The van der Waals surface area contributed by atoms with Gasteiger partial charge in [-0.25, -0.2) is 0 Å². The van der Waals surface area contributed by atoms with Crippen LogP contribution in [0.25, 0.3) is 0 Å². The highest BCUT2D eigenvalue weighted by atomic mass is 16.2. The summed E-state index contributed by atoms with van der Waals surface area (Å²) in [7, 11) is 0. The number of hydrogen-bond donors (Lipinski definition) is 0. The van der Waals surface area contributed by atoms with Crippen molar-refractivity contribution in [1.82, 2.24) is 9.80 Å². The summed E-state index contributed by atoms with van der Waals surface area (Å²) in [5.41, 5.74) is 0. The lowest BCUT2D eigenvalue weighted by molar-refractivity contribution is -0.142. The van der Waals surface area contributed by atoms with Gasteiger partial charge in [-0.15, -0.1) is 0 Å². The zero-order valence-corrected chi connectivity index (χ0v) is 12.4. The third-order valence-corrected chi connectivity index (χ3v) is 5.31. The molecule has 2 heterocycles. The van der Waals surface area contributed by atoms with Crippen LogP contribution in [0, 0.1) is 5.92 Å². The standard InChI is InChI=1S/C16H26N2O2/c19-15-9-3-4-10-17(15)12-16(20)18-11-5-8-14(18)13-6-1-2-7-13/h13-14H,1-12H2. The molecule has 0 N–H and O–H groups in total. The minimum atomic E-state index is 0.168. The Morgan fingerprint density at radius 1 is 1.00 bits per heavy atom. The summed E-state index contributed by atoms with van der Waals surface area (Å²) in [5, 5.41) is 0. The Hall–Kier alpha value is -1.06. The van der Waals surface area contributed by atoms with Gasteiger partial charge >= 0.3 is 0 Å². The van der Waals surface area contributed by atoms with Gasteiger partial charge in [0, 0.05) is 25.6 Å². The van der Waals surface area contributed by atoms with Crippen molar-refractivity contribution in [3.63, 3.8) is 0 Å². The molecule has 3 fully saturated rings. The number of nitrogens with zero attached hydrogens (tertiary/aromatic N) is 2. The fraction of sp³-hybridized carbons (Fsp3) is 0.875. The van der Waals surface area contributed by atoms with E-state index < -0.39 is 0 Å². The third-order valence-electron chi connectivity index (χ3n) is 5.31. The maximum absolute atomic E-state index is 12.6. The molecule has 112 valence electrons. The largest absolute Gasteiger partial charge is 0.338 e. The Bertz CT molecular complexity index is 377. The summed E-state index contributed by atoms with van der Waals surface area (Å²) in [4.78, 5) is 28.3. The highest BCUT2D eigenvalue weighted by molar-refractivity contribution is 5.85. The van der Waals surface area contributed by atoms with E-state index in [0.717, 1.165) is 38.3 Å². The molecule has 0 spiro atoms. The lowest BCUT2D eigenvalue weighted by Gasteiger charge is -2.33. The number of piperidine rings is 1. The van der Waals surface area contributed by atoms with E-state index in [2.05, 4.69) is 4.90 Å². The van der Waals surface area contributed by atoms with Crippen LogP contribution in [0.3, 0.4) is 0 Å². The van der Waals surface area contributed by atoms with Gasteiger partial charge in [0.2, 0.25) is 11.8 Å². The minimum Gasteiger partial charge on any atom is -0.338 e. The highest BCUT2D eigenvalue weighted by Gasteiger charge is 2.36. The predicted octanol–water partition coefficient (Wildman–Crippen LogP) is 2.18. The van der Waals surface area contributed by atoms with Crippen molar-refractivity contribution >= 4 is 11.8 Å². The quantitative estimate of drug-likeness (QED) is 0.794. The van der Waals surface area contributed by atoms with Gasteiger partial charge in [0.1, 0.15) is 0 Å². The minimum absolute atomic E-state index is 0.168. The molecule has 1 atom stereocenters. The summed E-state index contributed by atoms with van der Waals surface area (Å²) in [6, 6.07) is 0.463. The molecule has 0 aromatic rings. The van der Waals surface area contributed by atoms with Crippen LogP contribution in [-0.4, -0.2) is 47.3 Å². The average molecular weight is 278 g/mol. The smallest absolute Gasteiger partial charge is 0.242 e. The van der Waals surface area contributed by atoms with E-state index >= 15 is 0 Å². The molecular formula is C16H26N2O2. The Morgan fingerprint density at radius 3 is 2.55 bits per heavy atom. The van der Waals surface area contributed by atoms with E-state index in [-0.39, 0.29) is 11.8 Å². The molecule has 1 unspecified atom stereocenters. The molecular weight excluding hydrogens is 252 g/mol. The van der Waals surface area contributed by atoms with Crippen molar-refractivity contribution in [2.24, 2.45) is 5.92 Å². The first-order valence-electron chi connectivity index (χ1n) is 8.33. The highest BCUT2D eigenvalue weighted by Crippen LogP contribution is 2.35. The molecule has 1 aliphatic carbocycles. The molecule has 0 radical (unpaired) electrons. The first-order valence-corrected chi connectivity index (χ1v) is 8.33. The molecule has 2 aliphatic heterocycles. The molecule has 2 amide bonds. The summed E-state index contributed by atoms with van der Waals surface area (Å²) in [5.74, 6) is 1.08. The van der Waals surface area contributed by atoms with E-state index in [0.29, 0.717) is 19.0 Å². The van der Waals surface area contributed by atoms with Crippen molar-refractivity contribution in [2.45, 2.75) is 63.8 Å². The van der Waals surface area contributed by atoms with E-state index in [1.807, 2.05) is 0 Å². The van der Waals surface area contributed by atoms with Gasteiger partial charge in [0.15, 0.2) is 0 Å². The second kappa shape index (κ2) is 6.15. The topological polar surface area (TPSA) is 40.6 Å². The van der Waals surface area contributed by atoms with Crippen molar-refractivity contribution in [2.75, 3.05) is 19.6 Å². The van der Waals surface area contributed by atoms with Crippen molar-refractivity contribution in [3.8, 4) is 0 Å². The van der Waals surface area contributed by atoms with E-state index in [1.54, 1.807) is 4.90 Å². The van der Waals surface area contributed by atoms with Gasteiger partial charge in [0.25, 0.3) is 0 Å². The van der Waals surface area contributed by atoms with Crippen LogP contribution in [0.1, 0.15) is 57.8 Å². The van der Waals surface area contributed by atoms with Crippen LogP contribution in [0.2, 0.25) is 0 Å². The first kappa shape index (κ1) is 13.9. The third kappa shape index (κ3) is 2.84. The summed E-state index contributed by atoms with van der Waals surface area (Å²) >= 11 is 0. The summed E-state index contributed by atoms with van der Waals surface area (Å²) in [6.07, 6.45) is 10.2. The second-order valence-corrected chi connectivity index (χ2v) is 6.61.